The van der Waals surface area contributed by atoms with E-state index in [2.05, 4.69) is 5.32 Å². The molecule has 31 heavy (non-hydrogen) atoms. The van der Waals surface area contributed by atoms with Crippen LogP contribution >= 0.6 is 0 Å². The van der Waals surface area contributed by atoms with E-state index in [9.17, 15) is 13.2 Å². The van der Waals surface area contributed by atoms with Crippen molar-refractivity contribution in [3.05, 3.63) is 53.6 Å². The molecule has 0 unspecified atom stereocenters. The van der Waals surface area contributed by atoms with E-state index in [0.29, 0.717) is 38.1 Å². The number of nitrogens with one attached hydrogen (secondary N) is 1. The first-order chi connectivity index (χ1) is 14.8. The lowest BCUT2D eigenvalue weighted by molar-refractivity contribution is -0.126. The van der Waals surface area contributed by atoms with Crippen LogP contribution in [0.5, 0.6) is 11.5 Å². The second kappa shape index (κ2) is 10.2. The number of carbonyl (C=O) groups is 1. The van der Waals surface area contributed by atoms with Gasteiger partial charge in [0.2, 0.25) is 15.9 Å². The van der Waals surface area contributed by atoms with Crippen molar-refractivity contribution < 1.29 is 22.7 Å². The minimum absolute atomic E-state index is 0.0978. The van der Waals surface area contributed by atoms with Crippen LogP contribution in [0.4, 0.5) is 0 Å². The van der Waals surface area contributed by atoms with Crippen molar-refractivity contribution in [2.45, 2.75) is 31.1 Å². The molecule has 1 saturated heterocycles. The average Bonchev–Trinajstić information content (AvgIpc) is 2.79. The van der Waals surface area contributed by atoms with Crippen molar-refractivity contribution in [1.82, 2.24) is 9.62 Å². The van der Waals surface area contributed by atoms with Gasteiger partial charge in [-0.3, -0.25) is 4.79 Å². The molecule has 168 valence electrons. The Morgan fingerprint density at radius 2 is 1.87 bits per heavy atom. The van der Waals surface area contributed by atoms with Crippen LogP contribution in [0, 0.1) is 12.8 Å². The van der Waals surface area contributed by atoms with Gasteiger partial charge in [0.15, 0.2) is 0 Å². The van der Waals surface area contributed by atoms with Gasteiger partial charge in [-0.05, 0) is 67.6 Å². The number of carbonyl (C=O) groups excluding carboxylic acids is 1. The van der Waals surface area contributed by atoms with Crippen LogP contribution < -0.4 is 14.8 Å². The lowest BCUT2D eigenvalue weighted by atomic mass is 9.99. The summed E-state index contributed by atoms with van der Waals surface area (Å²) in [5, 5.41) is 2.96. The van der Waals surface area contributed by atoms with E-state index < -0.39 is 10.0 Å². The van der Waals surface area contributed by atoms with Crippen molar-refractivity contribution >= 4 is 15.9 Å². The number of methoxy groups -OCH3 is 2. The monoisotopic (exact) mass is 446 g/mol. The molecule has 2 aromatic carbocycles. The van der Waals surface area contributed by atoms with Gasteiger partial charge in [0, 0.05) is 19.6 Å². The normalized spacial score (nSPS) is 17.2. The zero-order valence-corrected chi connectivity index (χ0v) is 19.1. The smallest absolute Gasteiger partial charge is 0.243 e. The van der Waals surface area contributed by atoms with Gasteiger partial charge < -0.3 is 14.8 Å². The molecule has 2 aromatic rings. The first kappa shape index (κ1) is 23.1. The van der Waals surface area contributed by atoms with E-state index in [-0.39, 0.29) is 23.3 Å². The summed E-state index contributed by atoms with van der Waals surface area (Å²) < 4.78 is 38.0. The van der Waals surface area contributed by atoms with Gasteiger partial charge in [-0.2, -0.15) is 4.31 Å². The molecule has 1 aliphatic heterocycles. The van der Waals surface area contributed by atoms with Gasteiger partial charge in [-0.25, -0.2) is 8.42 Å². The minimum atomic E-state index is -3.66. The van der Waals surface area contributed by atoms with E-state index in [1.165, 1.54) is 4.31 Å². The molecule has 0 radical (unpaired) electrons. The molecule has 1 atom stereocenters. The molecule has 0 bridgehead atoms. The van der Waals surface area contributed by atoms with E-state index in [0.717, 1.165) is 16.9 Å². The number of rotatable bonds is 8. The molecule has 0 spiro atoms. The zero-order valence-electron chi connectivity index (χ0n) is 18.3. The SMILES string of the molecule is COc1ccc(CCNC(=O)[C@@H]2CCCN(S(=O)(=O)c3ccc(OC)c(C)c3)C2)cc1. The summed E-state index contributed by atoms with van der Waals surface area (Å²) in [5.41, 5.74) is 1.86. The fourth-order valence-electron chi connectivity index (χ4n) is 3.80. The first-order valence-electron chi connectivity index (χ1n) is 10.4. The summed E-state index contributed by atoms with van der Waals surface area (Å²) >= 11 is 0. The van der Waals surface area contributed by atoms with Crippen LogP contribution in [0.3, 0.4) is 0 Å². The summed E-state index contributed by atoms with van der Waals surface area (Å²) in [6.45, 7) is 2.93. The first-order valence-corrected chi connectivity index (χ1v) is 11.8. The van der Waals surface area contributed by atoms with Crippen molar-refractivity contribution in [1.29, 1.82) is 0 Å². The third-order valence-corrected chi connectivity index (χ3v) is 7.49. The van der Waals surface area contributed by atoms with Crippen LogP contribution in [0.15, 0.2) is 47.4 Å². The number of benzene rings is 2. The zero-order chi connectivity index (χ0) is 22.4. The number of nitrogens with zero attached hydrogens (tertiary/aromatic N) is 1. The third-order valence-electron chi connectivity index (χ3n) is 5.63. The van der Waals surface area contributed by atoms with Crippen molar-refractivity contribution in [2.24, 2.45) is 5.92 Å². The molecule has 1 amide bonds. The highest BCUT2D eigenvalue weighted by Crippen LogP contribution is 2.27. The standard InChI is InChI=1S/C23H30N2O5S/c1-17-15-21(10-11-22(17)30-3)31(27,28)25-14-4-5-19(16-25)23(26)24-13-12-18-6-8-20(29-2)9-7-18/h6-11,15,19H,4-5,12-14,16H2,1-3H3,(H,24,26)/t19-/m1/s1. The quantitative estimate of drug-likeness (QED) is 0.674. The predicted octanol–water partition coefficient (Wildman–Crippen LogP) is 2.77. The third kappa shape index (κ3) is 5.57. The Balaban J connectivity index is 1.58. The molecule has 0 aromatic heterocycles. The molecule has 8 heteroatoms. The van der Waals surface area contributed by atoms with E-state index >= 15 is 0 Å². The molecule has 1 heterocycles. The fourth-order valence-corrected chi connectivity index (χ4v) is 5.41. The lowest BCUT2D eigenvalue weighted by Gasteiger charge is -2.31. The number of sulfonamides is 1. The maximum absolute atomic E-state index is 13.1. The number of hydrogen-bond acceptors (Lipinski definition) is 5. The van der Waals surface area contributed by atoms with Crippen LogP contribution in [0.1, 0.15) is 24.0 Å². The van der Waals surface area contributed by atoms with Gasteiger partial charge in [-0.1, -0.05) is 12.1 Å². The largest absolute Gasteiger partial charge is 0.497 e. The highest BCUT2D eigenvalue weighted by Gasteiger charge is 2.33. The van der Waals surface area contributed by atoms with Gasteiger partial charge in [-0.15, -0.1) is 0 Å². The molecule has 3 rings (SSSR count). The van der Waals surface area contributed by atoms with Crippen LogP contribution in [-0.2, 0) is 21.2 Å². The number of amides is 1. The molecule has 0 aliphatic carbocycles. The second-order valence-corrected chi connectivity index (χ2v) is 9.66. The summed E-state index contributed by atoms with van der Waals surface area (Å²) in [5.74, 6) is 0.994. The molecule has 0 saturated carbocycles. The second-order valence-electron chi connectivity index (χ2n) is 7.72. The number of piperidine rings is 1. The summed E-state index contributed by atoms with van der Waals surface area (Å²) in [4.78, 5) is 12.9. The predicted molar refractivity (Wildman–Crippen MR) is 119 cm³/mol. The van der Waals surface area contributed by atoms with Gasteiger partial charge in [0.25, 0.3) is 0 Å². The molecular weight excluding hydrogens is 416 g/mol. The Kier molecular flexibility index (Phi) is 7.56. The van der Waals surface area contributed by atoms with E-state index in [1.807, 2.05) is 31.2 Å². The van der Waals surface area contributed by atoms with Crippen molar-refractivity contribution in [3.63, 3.8) is 0 Å². The highest BCUT2D eigenvalue weighted by molar-refractivity contribution is 7.89. The Hall–Kier alpha value is -2.58. The number of ether oxygens (including phenoxy) is 2. The average molecular weight is 447 g/mol. The molecule has 1 aliphatic rings. The van der Waals surface area contributed by atoms with Crippen molar-refractivity contribution in [3.8, 4) is 11.5 Å². The Morgan fingerprint density at radius 1 is 1.13 bits per heavy atom. The van der Waals surface area contributed by atoms with Crippen LogP contribution in [0.2, 0.25) is 0 Å². The van der Waals surface area contributed by atoms with Gasteiger partial charge in [0.05, 0.1) is 25.0 Å². The molecule has 1 N–H and O–H groups in total. The Bertz CT molecular complexity index is 1010. The van der Waals surface area contributed by atoms with Crippen molar-refractivity contribution in [2.75, 3.05) is 33.9 Å². The van der Waals surface area contributed by atoms with Gasteiger partial charge >= 0.3 is 0 Å². The molecular formula is C23H30N2O5S. The Labute approximate surface area is 184 Å². The lowest BCUT2D eigenvalue weighted by Crippen LogP contribution is -2.45. The van der Waals surface area contributed by atoms with E-state index in [1.54, 1.807) is 32.4 Å². The number of aryl methyl sites for hydroxylation is 1. The maximum atomic E-state index is 13.1. The summed E-state index contributed by atoms with van der Waals surface area (Å²) in [7, 11) is -0.482. The maximum Gasteiger partial charge on any atom is 0.243 e. The fraction of sp³-hybridized carbons (Fsp3) is 0.435. The topological polar surface area (TPSA) is 84.9 Å². The van der Waals surface area contributed by atoms with Crippen LogP contribution in [-0.4, -0.2) is 52.5 Å². The minimum Gasteiger partial charge on any atom is -0.497 e. The van der Waals surface area contributed by atoms with Gasteiger partial charge in [0.1, 0.15) is 11.5 Å². The molecule has 1 fully saturated rings. The van der Waals surface area contributed by atoms with E-state index in [4.69, 9.17) is 9.47 Å². The molecule has 7 nitrogen and oxygen atoms in total. The highest BCUT2D eigenvalue weighted by atomic mass is 32.2. The Morgan fingerprint density at radius 3 is 2.52 bits per heavy atom. The summed E-state index contributed by atoms with van der Waals surface area (Å²) in [6, 6.07) is 12.6. The van der Waals surface area contributed by atoms with Crippen LogP contribution in [0.25, 0.3) is 0 Å². The summed E-state index contributed by atoms with van der Waals surface area (Å²) in [6.07, 6.45) is 2.04. The number of hydrogen-bond donors (Lipinski definition) is 1.